The van der Waals surface area contributed by atoms with Crippen LogP contribution in [0.15, 0.2) is 47.7 Å². The van der Waals surface area contributed by atoms with Crippen LogP contribution in [0.2, 0.25) is 0 Å². The molecule has 0 saturated carbocycles. The van der Waals surface area contributed by atoms with Gasteiger partial charge in [0.1, 0.15) is 5.75 Å². The number of rotatable bonds is 7. The molecule has 28 heavy (non-hydrogen) atoms. The number of guanidine groups is 1. The molecule has 2 unspecified atom stereocenters. The standard InChI is InChI=1S/C21H31N5O.HI/c1-4-22-21(23-14-17(2)15-26-12-5-11-24-26)25-13-10-19(16-25)18-6-8-20(27-3)9-7-18;/h5-9,11-12,17,19H,4,10,13-16H2,1-3H3,(H,22,23);1H. The highest BCUT2D eigenvalue weighted by Crippen LogP contribution is 2.28. The number of benzene rings is 1. The van der Waals surface area contributed by atoms with Crippen molar-refractivity contribution < 1.29 is 4.74 Å². The first-order valence-electron chi connectivity index (χ1n) is 9.84. The molecular formula is C21H32IN5O. The molecule has 6 nitrogen and oxygen atoms in total. The van der Waals surface area contributed by atoms with Gasteiger partial charge in [0.15, 0.2) is 5.96 Å². The fraction of sp³-hybridized carbons (Fsp3) is 0.524. The summed E-state index contributed by atoms with van der Waals surface area (Å²) in [5, 5.41) is 7.75. The Morgan fingerprint density at radius 1 is 1.36 bits per heavy atom. The van der Waals surface area contributed by atoms with E-state index >= 15 is 0 Å². The van der Waals surface area contributed by atoms with Crippen molar-refractivity contribution >= 4 is 29.9 Å². The quantitative estimate of drug-likeness (QED) is 0.361. The number of nitrogens with zero attached hydrogens (tertiary/aromatic N) is 4. The minimum Gasteiger partial charge on any atom is -0.497 e. The van der Waals surface area contributed by atoms with E-state index in [1.807, 2.05) is 35.3 Å². The topological polar surface area (TPSA) is 54.7 Å². The van der Waals surface area contributed by atoms with Crippen molar-refractivity contribution in [3.05, 3.63) is 48.3 Å². The van der Waals surface area contributed by atoms with E-state index in [1.54, 1.807) is 7.11 Å². The van der Waals surface area contributed by atoms with Crippen LogP contribution in [0.1, 0.15) is 31.7 Å². The fourth-order valence-electron chi connectivity index (χ4n) is 3.55. The minimum absolute atomic E-state index is 0. The summed E-state index contributed by atoms with van der Waals surface area (Å²) in [4.78, 5) is 7.29. The molecule has 0 aliphatic carbocycles. The summed E-state index contributed by atoms with van der Waals surface area (Å²) in [5.74, 6) is 2.93. The third-order valence-electron chi connectivity index (χ3n) is 5.02. The van der Waals surface area contributed by atoms with Gasteiger partial charge >= 0.3 is 0 Å². The Labute approximate surface area is 185 Å². The molecule has 2 atom stereocenters. The molecule has 3 rings (SSSR count). The molecular weight excluding hydrogens is 465 g/mol. The zero-order chi connectivity index (χ0) is 19.1. The first kappa shape index (κ1) is 22.5. The van der Waals surface area contributed by atoms with Crippen molar-refractivity contribution in [3.63, 3.8) is 0 Å². The molecule has 1 saturated heterocycles. The van der Waals surface area contributed by atoms with Gasteiger partial charge in [0.05, 0.1) is 7.11 Å². The highest BCUT2D eigenvalue weighted by Gasteiger charge is 2.26. The molecule has 154 valence electrons. The maximum atomic E-state index is 5.27. The Morgan fingerprint density at radius 3 is 2.79 bits per heavy atom. The van der Waals surface area contributed by atoms with E-state index in [-0.39, 0.29) is 24.0 Å². The Hall–Kier alpha value is -1.77. The zero-order valence-corrected chi connectivity index (χ0v) is 19.4. The van der Waals surface area contributed by atoms with E-state index < -0.39 is 0 Å². The van der Waals surface area contributed by atoms with E-state index in [0.717, 1.165) is 50.9 Å². The van der Waals surface area contributed by atoms with Gasteiger partial charge in [-0.15, -0.1) is 24.0 Å². The Balaban J connectivity index is 0.00000280. The van der Waals surface area contributed by atoms with Gasteiger partial charge in [0.2, 0.25) is 0 Å². The van der Waals surface area contributed by atoms with Gasteiger partial charge in [-0.2, -0.15) is 5.10 Å². The predicted molar refractivity (Wildman–Crippen MR) is 125 cm³/mol. The van der Waals surface area contributed by atoms with E-state index in [4.69, 9.17) is 9.73 Å². The average molecular weight is 497 g/mol. The van der Waals surface area contributed by atoms with Crippen molar-refractivity contribution in [2.45, 2.75) is 32.7 Å². The highest BCUT2D eigenvalue weighted by molar-refractivity contribution is 14.0. The first-order chi connectivity index (χ1) is 13.2. The van der Waals surface area contributed by atoms with Gasteiger partial charge in [-0.05, 0) is 43.0 Å². The summed E-state index contributed by atoms with van der Waals surface area (Å²) in [6.45, 7) is 8.96. The molecule has 1 aromatic heterocycles. The Morgan fingerprint density at radius 2 is 2.14 bits per heavy atom. The lowest BCUT2D eigenvalue weighted by molar-refractivity contribution is 0.414. The smallest absolute Gasteiger partial charge is 0.193 e. The van der Waals surface area contributed by atoms with Crippen LogP contribution in [0.25, 0.3) is 0 Å². The van der Waals surface area contributed by atoms with Gasteiger partial charge in [-0.1, -0.05) is 19.1 Å². The fourth-order valence-corrected chi connectivity index (χ4v) is 3.55. The summed E-state index contributed by atoms with van der Waals surface area (Å²) in [6.07, 6.45) is 4.98. The summed E-state index contributed by atoms with van der Waals surface area (Å²) in [5.41, 5.74) is 1.38. The van der Waals surface area contributed by atoms with Gasteiger partial charge in [-0.25, -0.2) is 0 Å². The highest BCUT2D eigenvalue weighted by atomic mass is 127. The normalized spacial score (nSPS) is 17.9. The van der Waals surface area contributed by atoms with Gasteiger partial charge < -0.3 is 15.0 Å². The molecule has 0 spiro atoms. The van der Waals surface area contributed by atoms with Crippen LogP contribution in [0.4, 0.5) is 0 Å². The van der Waals surface area contributed by atoms with E-state index in [2.05, 4.69) is 41.3 Å². The first-order valence-corrected chi connectivity index (χ1v) is 9.84. The molecule has 0 radical (unpaired) electrons. The van der Waals surface area contributed by atoms with Gasteiger partial charge in [0.25, 0.3) is 0 Å². The number of hydrogen-bond acceptors (Lipinski definition) is 3. The van der Waals surface area contributed by atoms with Crippen LogP contribution in [0.5, 0.6) is 5.75 Å². The van der Waals surface area contributed by atoms with Crippen LogP contribution < -0.4 is 10.1 Å². The maximum Gasteiger partial charge on any atom is 0.193 e. The summed E-state index contributed by atoms with van der Waals surface area (Å²) in [7, 11) is 1.71. The lowest BCUT2D eigenvalue weighted by atomic mass is 9.98. The van der Waals surface area contributed by atoms with Crippen molar-refractivity contribution in [1.82, 2.24) is 20.0 Å². The number of ether oxygens (including phenoxy) is 1. The second-order valence-electron chi connectivity index (χ2n) is 7.23. The molecule has 0 bridgehead atoms. The number of likely N-dealkylation sites (tertiary alicyclic amines) is 1. The number of methoxy groups -OCH3 is 1. The van der Waals surface area contributed by atoms with E-state index in [1.165, 1.54) is 5.56 Å². The third kappa shape index (κ3) is 6.12. The molecule has 7 heteroatoms. The zero-order valence-electron chi connectivity index (χ0n) is 17.0. The molecule has 1 aromatic carbocycles. The Bertz CT molecular complexity index is 717. The monoisotopic (exact) mass is 497 g/mol. The molecule has 0 amide bonds. The minimum atomic E-state index is 0. The van der Waals surface area contributed by atoms with Crippen molar-refractivity contribution in [3.8, 4) is 5.75 Å². The third-order valence-corrected chi connectivity index (χ3v) is 5.02. The summed E-state index contributed by atoms with van der Waals surface area (Å²) in [6, 6.07) is 10.4. The number of halogens is 1. The van der Waals surface area contributed by atoms with E-state index in [0.29, 0.717) is 11.8 Å². The maximum absolute atomic E-state index is 5.27. The average Bonchev–Trinajstić information content (AvgIpc) is 3.37. The molecule has 1 fully saturated rings. The largest absolute Gasteiger partial charge is 0.497 e. The molecule has 1 N–H and O–H groups in total. The molecule has 1 aliphatic heterocycles. The second kappa shape index (κ2) is 11.3. The molecule has 2 aromatic rings. The van der Waals surface area contributed by atoms with Crippen LogP contribution >= 0.6 is 24.0 Å². The van der Waals surface area contributed by atoms with Crippen molar-refractivity contribution in [2.24, 2.45) is 10.9 Å². The number of hydrogen-bond donors (Lipinski definition) is 1. The lowest BCUT2D eigenvalue weighted by Crippen LogP contribution is -2.40. The number of aromatic nitrogens is 2. The molecule has 1 aliphatic rings. The van der Waals surface area contributed by atoms with E-state index in [9.17, 15) is 0 Å². The van der Waals surface area contributed by atoms with Crippen LogP contribution in [0, 0.1) is 5.92 Å². The number of nitrogens with one attached hydrogen (secondary N) is 1. The van der Waals surface area contributed by atoms with Crippen LogP contribution in [-0.2, 0) is 6.54 Å². The van der Waals surface area contributed by atoms with Crippen LogP contribution in [0.3, 0.4) is 0 Å². The summed E-state index contributed by atoms with van der Waals surface area (Å²) < 4.78 is 7.24. The SMILES string of the molecule is CCNC(=NCC(C)Cn1cccn1)N1CCC(c2ccc(OC)cc2)C1.I. The number of aliphatic imine (C=N–C) groups is 1. The predicted octanol–water partition coefficient (Wildman–Crippen LogP) is 3.60. The summed E-state index contributed by atoms with van der Waals surface area (Å²) >= 11 is 0. The Kier molecular flexibility index (Phi) is 9.08. The molecule has 2 heterocycles. The van der Waals surface area contributed by atoms with Gasteiger partial charge in [-0.3, -0.25) is 9.67 Å². The van der Waals surface area contributed by atoms with Crippen molar-refractivity contribution in [2.75, 3.05) is 33.3 Å². The van der Waals surface area contributed by atoms with Crippen LogP contribution in [-0.4, -0.2) is 53.9 Å². The lowest BCUT2D eigenvalue weighted by Gasteiger charge is -2.22. The van der Waals surface area contributed by atoms with Crippen molar-refractivity contribution in [1.29, 1.82) is 0 Å². The second-order valence-corrected chi connectivity index (χ2v) is 7.23. The van der Waals surface area contributed by atoms with Gasteiger partial charge in [0, 0.05) is 51.0 Å².